The van der Waals surface area contributed by atoms with Gasteiger partial charge < -0.3 is 5.11 Å². The highest BCUT2D eigenvalue weighted by atomic mass is 32.2. The van der Waals surface area contributed by atoms with Crippen molar-refractivity contribution in [3.63, 3.8) is 0 Å². The van der Waals surface area contributed by atoms with Crippen LogP contribution in [-0.2, 0) is 10.0 Å². The van der Waals surface area contributed by atoms with Gasteiger partial charge in [0.25, 0.3) is 5.69 Å². The normalized spacial score (nSPS) is 16.1. The summed E-state index contributed by atoms with van der Waals surface area (Å²) in [4.78, 5) is 10.0. The van der Waals surface area contributed by atoms with Gasteiger partial charge in [0.15, 0.2) is 0 Å². The Morgan fingerprint density at radius 3 is 2.30 bits per heavy atom. The number of hydrogen-bond acceptors (Lipinski definition) is 5. The van der Waals surface area contributed by atoms with Crippen LogP contribution < -0.4 is 0 Å². The highest BCUT2D eigenvalue weighted by Gasteiger charge is 2.34. The van der Waals surface area contributed by atoms with Gasteiger partial charge in [-0.3, -0.25) is 10.1 Å². The van der Waals surface area contributed by atoms with Gasteiger partial charge in [-0.05, 0) is 25.0 Å². The lowest BCUT2D eigenvalue weighted by atomic mass is 9.93. The van der Waals surface area contributed by atoms with E-state index in [9.17, 15) is 18.5 Å². The molecule has 1 aromatic carbocycles. The third kappa shape index (κ3) is 2.82. The van der Waals surface area contributed by atoms with Crippen LogP contribution >= 0.6 is 0 Å². The van der Waals surface area contributed by atoms with E-state index in [1.807, 2.05) is 0 Å². The first-order chi connectivity index (χ1) is 9.46. The zero-order chi connectivity index (χ0) is 14.8. The van der Waals surface area contributed by atoms with Crippen LogP contribution in [0.25, 0.3) is 0 Å². The van der Waals surface area contributed by atoms with E-state index in [2.05, 4.69) is 0 Å². The quantitative estimate of drug-likeness (QED) is 0.627. The number of aliphatic hydroxyl groups is 1. The molecule has 2 rings (SSSR count). The molecule has 7 nitrogen and oxygen atoms in total. The maximum Gasteiger partial charge on any atom is 0.269 e. The molecule has 1 aliphatic rings. The van der Waals surface area contributed by atoms with Crippen LogP contribution in [0.5, 0.6) is 0 Å². The molecule has 8 heteroatoms. The van der Waals surface area contributed by atoms with Crippen LogP contribution in [-0.4, -0.2) is 41.9 Å². The third-order valence-electron chi connectivity index (χ3n) is 3.46. The van der Waals surface area contributed by atoms with Gasteiger partial charge in [0.1, 0.15) is 0 Å². The fraction of sp³-hybridized carbons (Fsp3) is 0.500. The number of rotatable bonds is 6. The van der Waals surface area contributed by atoms with E-state index in [4.69, 9.17) is 5.11 Å². The van der Waals surface area contributed by atoms with E-state index in [0.29, 0.717) is 0 Å². The number of non-ortho nitro benzene ring substituents is 1. The van der Waals surface area contributed by atoms with Crippen molar-refractivity contribution in [2.75, 3.05) is 13.2 Å². The minimum atomic E-state index is -3.72. The molecule has 0 unspecified atom stereocenters. The van der Waals surface area contributed by atoms with E-state index in [0.717, 1.165) is 19.3 Å². The van der Waals surface area contributed by atoms with Crippen molar-refractivity contribution in [1.29, 1.82) is 0 Å². The van der Waals surface area contributed by atoms with Crippen molar-refractivity contribution in [2.45, 2.75) is 30.2 Å². The smallest absolute Gasteiger partial charge is 0.269 e. The Bertz CT molecular complexity index is 580. The van der Waals surface area contributed by atoms with Gasteiger partial charge in [0.2, 0.25) is 10.0 Å². The molecule has 0 heterocycles. The van der Waals surface area contributed by atoms with Crippen molar-refractivity contribution in [1.82, 2.24) is 4.31 Å². The maximum atomic E-state index is 12.5. The Morgan fingerprint density at radius 2 is 1.90 bits per heavy atom. The van der Waals surface area contributed by atoms with Gasteiger partial charge >= 0.3 is 0 Å². The first-order valence-electron chi connectivity index (χ1n) is 6.34. The van der Waals surface area contributed by atoms with Crippen LogP contribution in [0.3, 0.4) is 0 Å². The molecule has 1 fully saturated rings. The van der Waals surface area contributed by atoms with Crippen LogP contribution in [0.15, 0.2) is 29.2 Å². The Balaban J connectivity index is 2.29. The molecule has 0 saturated heterocycles. The van der Waals surface area contributed by atoms with E-state index >= 15 is 0 Å². The summed E-state index contributed by atoms with van der Waals surface area (Å²) in [6, 6.07) is 4.73. The summed E-state index contributed by atoms with van der Waals surface area (Å²) in [6.45, 7) is -0.202. The van der Waals surface area contributed by atoms with Crippen molar-refractivity contribution in [3.8, 4) is 0 Å². The highest BCUT2D eigenvalue weighted by molar-refractivity contribution is 7.89. The molecule has 20 heavy (non-hydrogen) atoms. The van der Waals surface area contributed by atoms with Crippen molar-refractivity contribution in [2.24, 2.45) is 0 Å². The fourth-order valence-electron chi connectivity index (χ4n) is 2.15. The average molecular weight is 300 g/mol. The molecular formula is C12H16N2O5S. The highest BCUT2D eigenvalue weighted by Crippen LogP contribution is 2.30. The molecule has 0 radical (unpaired) electrons. The molecule has 0 aliphatic heterocycles. The number of sulfonamides is 1. The first-order valence-corrected chi connectivity index (χ1v) is 7.78. The minimum absolute atomic E-state index is 0.0171. The number of nitro benzene ring substituents is 1. The van der Waals surface area contributed by atoms with Crippen molar-refractivity contribution < 1.29 is 18.4 Å². The largest absolute Gasteiger partial charge is 0.395 e. The first kappa shape index (κ1) is 14.9. The van der Waals surface area contributed by atoms with Gasteiger partial charge in [-0.15, -0.1) is 0 Å². The fourth-order valence-corrected chi connectivity index (χ4v) is 3.82. The van der Waals surface area contributed by atoms with E-state index < -0.39 is 14.9 Å². The molecule has 0 bridgehead atoms. The van der Waals surface area contributed by atoms with E-state index in [1.54, 1.807) is 0 Å². The number of hydrogen-bond donors (Lipinski definition) is 1. The minimum Gasteiger partial charge on any atom is -0.395 e. The Hall–Kier alpha value is -1.51. The maximum absolute atomic E-state index is 12.5. The summed E-state index contributed by atoms with van der Waals surface area (Å²) in [5, 5.41) is 19.6. The second-order valence-corrected chi connectivity index (χ2v) is 6.57. The lowest BCUT2D eigenvalue weighted by molar-refractivity contribution is -0.384. The molecule has 110 valence electrons. The van der Waals surface area contributed by atoms with E-state index in [1.165, 1.54) is 28.6 Å². The van der Waals surface area contributed by atoms with Crippen molar-refractivity contribution in [3.05, 3.63) is 34.4 Å². The van der Waals surface area contributed by atoms with Crippen LogP contribution in [0.4, 0.5) is 5.69 Å². The molecule has 1 saturated carbocycles. The predicted octanol–water partition coefficient (Wildman–Crippen LogP) is 1.13. The SMILES string of the molecule is O=[N+]([O-])c1ccc(S(=O)(=O)N(CCO)C2CCC2)cc1. The molecule has 0 spiro atoms. The molecular weight excluding hydrogens is 284 g/mol. The monoisotopic (exact) mass is 300 g/mol. The summed E-state index contributed by atoms with van der Waals surface area (Å²) in [7, 11) is -3.72. The lowest BCUT2D eigenvalue weighted by Gasteiger charge is -2.36. The van der Waals surface area contributed by atoms with Gasteiger partial charge in [0, 0.05) is 24.7 Å². The summed E-state index contributed by atoms with van der Waals surface area (Å²) in [5.74, 6) is 0. The zero-order valence-corrected chi connectivity index (χ0v) is 11.6. The summed E-state index contributed by atoms with van der Waals surface area (Å²) in [6.07, 6.45) is 2.54. The number of aliphatic hydroxyl groups excluding tert-OH is 1. The van der Waals surface area contributed by atoms with Crippen LogP contribution in [0, 0.1) is 10.1 Å². The Labute approximate surface area is 117 Å². The van der Waals surface area contributed by atoms with E-state index in [-0.39, 0.29) is 29.8 Å². The Kier molecular flexibility index (Phi) is 4.36. The number of benzene rings is 1. The molecule has 1 aromatic rings. The molecule has 1 aliphatic carbocycles. The molecule has 0 aromatic heterocycles. The molecule has 0 atom stereocenters. The number of nitro groups is 1. The zero-order valence-electron chi connectivity index (χ0n) is 10.8. The van der Waals surface area contributed by atoms with Gasteiger partial charge in [-0.1, -0.05) is 6.42 Å². The predicted molar refractivity (Wildman–Crippen MR) is 71.7 cm³/mol. The number of nitrogens with zero attached hydrogens (tertiary/aromatic N) is 2. The summed E-state index contributed by atoms with van der Waals surface area (Å²) < 4.78 is 26.3. The van der Waals surface area contributed by atoms with Gasteiger partial charge in [0.05, 0.1) is 16.4 Å². The molecule has 0 amide bonds. The third-order valence-corrected chi connectivity index (χ3v) is 5.42. The standard InChI is InChI=1S/C12H16N2O5S/c15-9-8-13(10-2-1-3-10)20(18,19)12-6-4-11(5-7-12)14(16)17/h4-7,10,15H,1-3,8-9H2. The van der Waals surface area contributed by atoms with Gasteiger partial charge in [-0.2, -0.15) is 4.31 Å². The Morgan fingerprint density at radius 1 is 1.30 bits per heavy atom. The van der Waals surface area contributed by atoms with Crippen LogP contribution in [0.2, 0.25) is 0 Å². The van der Waals surface area contributed by atoms with Crippen LogP contribution in [0.1, 0.15) is 19.3 Å². The topological polar surface area (TPSA) is 101 Å². The summed E-state index contributed by atoms with van der Waals surface area (Å²) in [5.41, 5.74) is -0.152. The average Bonchev–Trinajstić information content (AvgIpc) is 2.36. The lowest BCUT2D eigenvalue weighted by Crippen LogP contribution is -2.45. The second kappa shape index (κ2) is 5.86. The molecule has 1 N–H and O–H groups in total. The van der Waals surface area contributed by atoms with Gasteiger partial charge in [-0.25, -0.2) is 8.42 Å². The summed E-state index contributed by atoms with van der Waals surface area (Å²) >= 11 is 0. The van der Waals surface area contributed by atoms with Crippen molar-refractivity contribution >= 4 is 15.7 Å². The second-order valence-electron chi connectivity index (χ2n) is 4.68.